The van der Waals surface area contributed by atoms with Crippen molar-refractivity contribution in [2.45, 2.75) is 31.1 Å². The molecule has 2 fully saturated rings. The summed E-state index contributed by atoms with van der Waals surface area (Å²) in [4.78, 5) is 22.9. The minimum absolute atomic E-state index is 0.00374. The molecule has 0 aliphatic carbocycles. The van der Waals surface area contributed by atoms with Gasteiger partial charge in [-0.2, -0.15) is 0 Å². The molecule has 0 unspecified atom stereocenters. The van der Waals surface area contributed by atoms with Crippen molar-refractivity contribution >= 4 is 17.9 Å². The van der Waals surface area contributed by atoms with Crippen LogP contribution in [0.2, 0.25) is 0 Å². The molecule has 5 heteroatoms. The van der Waals surface area contributed by atoms with Crippen molar-refractivity contribution in [3.63, 3.8) is 0 Å². The maximum atomic E-state index is 13.0. The summed E-state index contributed by atoms with van der Waals surface area (Å²) in [5, 5.41) is 0. The van der Waals surface area contributed by atoms with Crippen molar-refractivity contribution < 1.29 is 9.53 Å². The third kappa shape index (κ3) is 3.14. The van der Waals surface area contributed by atoms with Gasteiger partial charge in [0, 0.05) is 37.0 Å². The van der Waals surface area contributed by atoms with Gasteiger partial charge in [0.25, 0.3) is 0 Å². The summed E-state index contributed by atoms with van der Waals surface area (Å²) < 4.78 is 5.27. The summed E-state index contributed by atoms with van der Waals surface area (Å²) in [6, 6.07) is 21.0. The second-order valence-electron chi connectivity index (χ2n) is 8.22. The van der Waals surface area contributed by atoms with Crippen LogP contribution in [0.25, 0.3) is 0 Å². The fraction of sp³-hybridized carbons (Fsp3) is 0.417. The van der Waals surface area contributed by atoms with Gasteiger partial charge in [-0.25, -0.2) is 0 Å². The van der Waals surface area contributed by atoms with Gasteiger partial charge in [0.05, 0.1) is 25.2 Å². The molecule has 0 amide bonds. The van der Waals surface area contributed by atoms with Crippen LogP contribution in [-0.2, 0) is 9.53 Å². The van der Waals surface area contributed by atoms with Gasteiger partial charge in [-0.3, -0.25) is 14.7 Å². The molecule has 0 bridgehead atoms. The number of ether oxygens (including phenoxy) is 1. The maximum Gasteiger partial charge on any atom is 0.311 e. The van der Waals surface area contributed by atoms with Crippen LogP contribution >= 0.6 is 0 Å². The van der Waals surface area contributed by atoms with Crippen LogP contribution in [0.5, 0.6) is 0 Å². The van der Waals surface area contributed by atoms with E-state index in [1.165, 1.54) is 25.6 Å². The Hall–Kier alpha value is -2.66. The highest BCUT2D eigenvalue weighted by Crippen LogP contribution is 2.44. The molecule has 3 heterocycles. The van der Waals surface area contributed by atoms with E-state index in [1.807, 2.05) is 24.4 Å². The van der Waals surface area contributed by atoms with E-state index in [-0.39, 0.29) is 30.0 Å². The van der Waals surface area contributed by atoms with Crippen LogP contribution in [0.4, 0.5) is 5.69 Å². The van der Waals surface area contributed by atoms with Crippen LogP contribution < -0.4 is 4.90 Å². The molecule has 5 rings (SSSR count). The molecule has 5 atom stereocenters. The molecule has 5 nitrogen and oxygen atoms in total. The van der Waals surface area contributed by atoms with Crippen LogP contribution in [0.3, 0.4) is 0 Å². The monoisotopic (exact) mass is 389 g/mol. The molecule has 0 radical (unpaired) electrons. The molecule has 0 spiro atoms. The number of hydrogen-bond acceptors (Lipinski definition) is 5. The number of benzene rings is 2. The molecule has 2 aromatic rings. The second-order valence-corrected chi connectivity index (χ2v) is 8.22. The lowest BCUT2D eigenvalue weighted by Gasteiger charge is -2.37. The van der Waals surface area contributed by atoms with Crippen molar-refractivity contribution in [3.8, 4) is 0 Å². The number of carbonyl (C=O) groups excluding carboxylic acids is 1. The fourth-order valence-corrected chi connectivity index (χ4v) is 5.44. The molecular weight excluding hydrogens is 362 g/mol. The number of hydrogen-bond donors (Lipinski definition) is 0. The van der Waals surface area contributed by atoms with Gasteiger partial charge in [0.15, 0.2) is 0 Å². The molecule has 2 aromatic carbocycles. The Morgan fingerprint density at radius 3 is 2.52 bits per heavy atom. The van der Waals surface area contributed by atoms with E-state index in [0.29, 0.717) is 6.04 Å². The normalized spacial score (nSPS) is 31.2. The average Bonchev–Trinajstić information content (AvgIpc) is 3.48. The van der Waals surface area contributed by atoms with Gasteiger partial charge < -0.3 is 9.64 Å². The predicted molar refractivity (Wildman–Crippen MR) is 114 cm³/mol. The van der Waals surface area contributed by atoms with Gasteiger partial charge in [-0.1, -0.05) is 48.5 Å². The third-order valence-electron chi connectivity index (χ3n) is 6.71. The Morgan fingerprint density at radius 1 is 1.07 bits per heavy atom. The summed E-state index contributed by atoms with van der Waals surface area (Å²) in [6.45, 7) is 2.08. The zero-order valence-electron chi connectivity index (χ0n) is 16.7. The number of fused-ring (bicyclic) bond motifs is 1. The second kappa shape index (κ2) is 7.64. The summed E-state index contributed by atoms with van der Waals surface area (Å²) >= 11 is 0. The lowest BCUT2D eigenvalue weighted by molar-refractivity contribution is -0.147. The van der Waals surface area contributed by atoms with Crippen molar-refractivity contribution in [1.29, 1.82) is 0 Å². The Bertz CT molecular complexity index is 886. The quantitative estimate of drug-likeness (QED) is 0.751. The number of rotatable bonds is 4. The van der Waals surface area contributed by atoms with Crippen molar-refractivity contribution in [2.75, 3.05) is 25.1 Å². The standard InChI is InChI=1S/C24H27N3O2/c1-29-24(28)21-20(15-25-22(21)17-9-4-2-5-10-17)23-26-14-8-13-19(26)16-27(23)18-11-6-3-7-12-18/h2-7,9-12,15,19-23H,8,13-14,16H2,1H3/t19-,20+,21-,22-,23-/m0/s1. The SMILES string of the molecule is COC(=O)[C@H]1[C@H]([C@@H]2N(c3ccccc3)C[C@@H]3CCCN32)C=N[C@H]1c1ccccc1. The smallest absolute Gasteiger partial charge is 0.311 e. The first-order chi connectivity index (χ1) is 14.3. The Kier molecular flexibility index (Phi) is 4.84. The summed E-state index contributed by atoms with van der Waals surface area (Å²) in [5.74, 6) is -0.481. The van der Waals surface area contributed by atoms with E-state index in [4.69, 9.17) is 9.73 Å². The Balaban J connectivity index is 1.53. The Labute approximate surface area is 172 Å². The first-order valence-corrected chi connectivity index (χ1v) is 10.5. The number of anilines is 1. The van der Waals surface area contributed by atoms with Crippen LogP contribution in [-0.4, -0.2) is 49.5 Å². The van der Waals surface area contributed by atoms with Gasteiger partial charge >= 0.3 is 5.97 Å². The van der Waals surface area contributed by atoms with E-state index < -0.39 is 0 Å². The summed E-state index contributed by atoms with van der Waals surface area (Å²) in [6.07, 6.45) is 4.60. The van der Waals surface area contributed by atoms with E-state index in [0.717, 1.165) is 18.7 Å². The number of carbonyl (C=O) groups is 1. The molecule has 0 aromatic heterocycles. The first kappa shape index (κ1) is 18.4. The third-order valence-corrected chi connectivity index (χ3v) is 6.71. The van der Waals surface area contributed by atoms with Crippen molar-refractivity contribution in [3.05, 3.63) is 66.2 Å². The average molecular weight is 389 g/mol. The minimum Gasteiger partial charge on any atom is -0.469 e. The zero-order chi connectivity index (χ0) is 19.8. The molecular formula is C24H27N3O2. The highest BCUT2D eigenvalue weighted by Gasteiger charge is 2.52. The van der Waals surface area contributed by atoms with Gasteiger partial charge in [-0.15, -0.1) is 0 Å². The fourth-order valence-electron chi connectivity index (χ4n) is 5.44. The van der Waals surface area contributed by atoms with E-state index in [9.17, 15) is 4.79 Å². The topological polar surface area (TPSA) is 45.1 Å². The molecule has 0 saturated carbocycles. The first-order valence-electron chi connectivity index (χ1n) is 10.5. The molecule has 3 aliphatic rings. The molecule has 150 valence electrons. The lowest BCUT2D eigenvalue weighted by atomic mass is 9.84. The molecule has 2 saturated heterocycles. The number of nitrogens with zero attached hydrogens (tertiary/aromatic N) is 3. The van der Waals surface area contributed by atoms with Crippen molar-refractivity contribution in [2.24, 2.45) is 16.8 Å². The van der Waals surface area contributed by atoms with Crippen LogP contribution in [0, 0.1) is 11.8 Å². The van der Waals surface area contributed by atoms with Crippen LogP contribution in [0.1, 0.15) is 24.4 Å². The highest BCUT2D eigenvalue weighted by molar-refractivity contribution is 5.83. The van der Waals surface area contributed by atoms with Crippen LogP contribution in [0.15, 0.2) is 65.7 Å². The number of methoxy groups -OCH3 is 1. The van der Waals surface area contributed by atoms with Gasteiger partial charge in [-0.05, 0) is 30.5 Å². The van der Waals surface area contributed by atoms with Crippen molar-refractivity contribution in [1.82, 2.24) is 4.90 Å². The Morgan fingerprint density at radius 2 is 1.79 bits per heavy atom. The predicted octanol–water partition coefficient (Wildman–Crippen LogP) is 3.53. The van der Waals surface area contributed by atoms with E-state index in [2.05, 4.69) is 52.3 Å². The number of esters is 1. The largest absolute Gasteiger partial charge is 0.469 e. The van der Waals surface area contributed by atoms with E-state index in [1.54, 1.807) is 0 Å². The maximum absolute atomic E-state index is 13.0. The molecule has 0 N–H and O–H groups in total. The van der Waals surface area contributed by atoms with E-state index >= 15 is 0 Å². The summed E-state index contributed by atoms with van der Waals surface area (Å²) in [5.41, 5.74) is 2.29. The number of para-hydroxylation sites is 1. The summed E-state index contributed by atoms with van der Waals surface area (Å²) in [7, 11) is 1.49. The van der Waals surface area contributed by atoms with Gasteiger partial charge in [0.2, 0.25) is 0 Å². The molecule has 3 aliphatic heterocycles. The van der Waals surface area contributed by atoms with Gasteiger partial charge in [0.1, 0.15) is 0 Å². The zero-order valence-corrected chi connectivity index (χ0v) is 16.7. The molecule has 29 heavy (non-hydrogen) atoms. The number of aliphatic imine (C=N–C) groups is 1. The lowest BCUT2D eigenvalue weighted by Crippen LogP contribution is -2.49. The minimum atomic E-state index is -0.307. The highest BCUT2D eigenvalue weighted by atomic mass is 16.5.